The number of phosphoric ester groups is 1. The summed E-state index contributed by atoms with van der Waals surface area (Å²) in [6.07, 6.45) is -4.89. The van der Waals surface area contributed by atoms with Crippen LogP contribution in [0.5, 0.6) is 0 Å². The first-order valence-corrected chi connectivity index (χ1v) is 14.3. The molecule has 0 spiro atoms. The second kappa shape index (κ2) is 10.5. The molecule has 6 N–H and O–H groups in total. The molecule has 10 atom stereocenters. The molecule has 226 valence electrons. The van der Waals surface area contributed by atoms with Crippen LogP contribution >= 0.6 is 7.82 Å². The molecule has 2 aromatic heterocycles. The molecule has 0 amide bonds. The van der Waals surface area contributed by atoms with E-state index in [1.54, 1.807) is 6.92 Å². The van der Waals surface area contributed by atoms with Crippen molar-refractivity contribution in [1.82, 2.24) is 19.1 Å². The van der Waals surface area contributed by atoms with Gasteiger partial charge in [0.05, 0.1) is 25.4 Å². The number of H-pyrrole nitrogens is 2. The lowest BCUT2D eigenvalue weighted by Gasteiger charge is -2.37. The Bertz CT molecular complexity index is 1620. The van der Waals surface area contributed by atoms with E-state index in [9.17, 15) is 44.0 Å². The number of fused-ring (bicyclic) bond motifs is 2. The van der Waals surface area contributed by atoms with Gasteiger partial charge in [-0.25, -0.2) is 14.2 Å². The molecule has 0 aromatic carbocycles. The highest BCUT2D eigenvalue weighted by molar-refractivity contribution is 7.47. The van der Waals surface area contributed by atoms with Crippen LogP contribution in [0.4, 0.5) is 0 Å². The number of hydrogen-bond acceptors (Lipinski definition) is 12. The van der Waals surface area contributed by atoms with Gasteiger partial charge in [0.15, 0.2) is 0 Å². The summed E-state index contributed by atoms with van der Waals surface area (Å²) >= 11 is 0. The standard InChI is InChI=1S/C23H31N4O13P/c1-9-5-26(21(33)24-18(9)31)14-4-12(29)13(38-14)7-37-41(35,36)40-17-15-11(3)16(30)23(17,8-28)39-20(15)27-6-10(2)19(32)25-22(27)34/h5-6,11-17,20,28-30H,4,7-8H2,1-3H3,(H,35,36)(H,24,31,33)(H,25,32,34)/t11-,12-,13+,14+,15+,16+,17-,20+,23-/m0/s1. The van der Waals surface area contributed by atoms with Gasteiger partial charge in [-0.2, -0.15) is 0 Å². The van der Waals surface area contributed by atoms with Crippen LogP contribution in [0.15, 0.2) is 31.6 Å². The zero-order valence-electron chi connectivity index (χ0n) is 22.2. The van der Waals surface area contributed by atoms with Crippen molar-refractivity contribution in [3.63, 3.8) is 0 Å². The summed E-state index contributed by atoms with van der Waals surface area (Å²) in [5.74, 6) is -1.62. The molecule has 1 saturated carbocycles. The molecule has 0 radical (unpaired) electrons. The highest BCUT2D eigenvalue weighted by Gasteiger charge is 2.70. The first kappa shape index (κ1) is 29.8. The van der Waals surface area contributed by atoms with Gasteiger partial charge < -0.3 is 29.7 Å². The minimum absolute atomic E-state index is 0.0825. The van der Waals surface area contributed by atoms with Gasteiger partial charge in [-0.05, 0) is 19.8 Å². The number of hydrogen-bond donors (Lipinski definition) is 6. The molecule has 2 aromatic rings. The number of aliphatic hydroxyl groups is 3. The van der Waals surface area contributed by atoms with Crippen LogP contribution in [0.1, 0.15) is 36.9 Å². The van der Waals surface area contributed by atoms with Crippen LogP contribution in [0.25, 0.3) is 0 Å². The monoisotopic (exact) mass is 602 g/mol. The highest BCUT2D eigenvalue weighted by atomic mass is 31.2. The second-order valence-electron chi connectivity index (χ2n) is 10.7. The Kier molecular flexibility index (Phi) is 7.63. The zero-order valence-corrected chi connectivity index (χ0v) is 23.1. The molecule has 2 aliphatic heterocycles. The minimum Gasteiger partial charge on any atom is -0.393 e. The van der Waals surface area contributed by atoms with E-state index in [1.807, 2.05) is 0 Å². The molecule has 1 unspecified atom stereocenters. The van der Waals surface area contributed by atoms with Crippen LogP contribution in [-0.4, -0.2) is 82.5 Å². The predicted octanol–water partition coefficient (Wildman–Crippen LogP) is -2.26. The Balaban J connectivity index is 1.33. The lowest BCUT2D eigenvalue weighted by molar-refractivity contribution is -0.204. The van der Waals surface area contributed by atoms with Crippen molar-refractivity contribution in [3.8, 4) is 0 Å². The summed E-state index contributed by atoms with van der Waals surface area (Å²) in [4.78, 5) is 63.1. The molecule has 1 aliphatic carbocycles. The number of aliphatic hydroxyl groups excluding tert-OH is 3. The van der Waals surface area contributed by atoms with Gasteiger partial charge in [0.25, 0.3) is 11.1 Å². The van der Waals surface area contributed by atoms with Crippen molar-refractivity contribution in [3.05, 3.63) is 65.2 Å². The fourth-order valence-electron chi connectivity index (χ4n) is 5.85. The van der Waals surface area contributed by atoms with Gasteiger partial charge in [0, 0.05) is 35.9 Å². The van der Waals surface area contributed by atoms with Crippen molar-refractivity contribution in [2.45, 2.75) is 69.7 Å². The van der Waals surface area contributed by atoms with E-state index in [4.69, 9.17) is 18.5 Å². The Labute approximate surface area is 230 Å². The molecule has 17 nitrogen and oxygen atoms in total. The number of aromatic amines is 2. The lowest BCUT2D eigenvalue weighted by Crippen LogP contribution is -2.52. The molecular formula is C23H31N4O13P. The number of nitrogens with one attached hydrogen (secondary N) is 2. The summed E-state index contributed by atoms with van der Waals surface area (Å²) in [6, 6.07) is 0. The molecular weight excluding hydrogens is 571 g/mol. The predicted molar refractivity (Wildman–Crippen MR) is 136 cm³/mol. The molecule has 5 rings (SSSR count). The maximum atomic E-state index is 13.1. The van der Waals surface area contributed by atoms with Crippen LogP contribution in [0.3, 0.4) is 0 Å². The van der Waals surface area contributed by atoms with Gasteiger partial charge in [0.1, 0.15) is 30.3 Å². The summed E-state index contributed by atoms with van der Waals surface area (Å²) in [7, 11) is -4.98. The SMILES string of the molecule is Cc1cn([C@@H]2O[C@@]3(CO)[C@H](O)[C@@H](C)[C@@H]2[C@@H]3OP(=O)(O)OC[C@H]2O[C@@H](n3cc(C)c(=O)[nH]c3=O)C[C@@H]2O)c(=O)[nH]c1=O. The summed E-state index contributed by atoms with van der Waals surface area (Å²) < 4.78 is 37.3. The average molecular weight is 602 g/mol. The first-order valence-electron chi connectivity index (χ1n) is 12.8. The smallest absolute Gasteiger partial charge is 0.393 e. The van der Waals surface area contributed by atoms with Gasteiger partial charge >= 0.3 is 19.2 Å². The molecule has 2 bridgehead atoms. The number of nitrogens with zero attached hydrogens (tertiary/aromatic N) is 2. The van der Waals surface area contributed by atoms with E-state index >= 15 is 0 Å². The third kappa shape index (κ3) is 5.00. The maximum Gasteiger partial charge on any atom is 0.472 e. The third-order valence-electron chi connectivity index (χ3n) is 8.08. The Morgan fingerprint density at radius 1 is 1.07 bits per heavy atom. The van der Waals surface area contributed by atoms with E-state index in [-0.39, 0.29) is 17.5 Å². The first-order chi connectivity index (χ1) is 19.2. The van der Waals surface area contributed by atoms with Gasteiger partial charge in [-0.1, -0.05) is 6.92 Å². The van der Waals surface area contributed by atoms with E-state index < -0.39 is 97.8 Å². The van der Waals surface area contributed by atoms with E-state index in [1.165, 1.54) is 26.2 Å². The number of aromatic nitrogens is 4. The van der Waals surface area contributed by atoms with Crippen molar-refractivity contribution in [2.75, 3.05) is 13.2 Å². The average Bonchev–Trinajstić information content (AvgIpc) is 3.49. The number of phosphoric acid groups is 1. The fourth-order valence-corrected chi connectivity index (χ4v) is 6.85. The van der Waals surface area contributed by atoms with Crippen LogP contribution in [0, 0.1) is 25.7 Å². The largest absolute Gasteiger partial charge is 0.472 e. The Morgan fingerprint density at radius 3 is 2.27 bits per heavy atom. The fraction of sp³-hybridized carbons (Fsp3) is 0.652. The van der Waals surface area contributed by atoms with E-state index in [0.717, 1.165) is 9.13 Å². The van der Waals surface area contributed by atoms with Crippen molar-refractivity contribution in [2.24, 2.45) is 11.8 Å². The summed E-state index contributed by atoms with van der Waals surface area (Å²) in [6.45, 7) is 3.05. The zero-order chi connectivity index (χ0) is 30.0. The molecule has 2 saturated heterocycles. The lowest BCUT2D eigenvalue weighted by atomic mass is 9.92. The van der Waals surface area contributed by atoms with Crippen LogP contribution in [0.2, 0.25) is 0 Å². The van der Waals surface area contributed by atoms with Crippen LogP contribution in [-0.2, 0) is 23.1 Å². The number of rotatable bonds is 8. The summed E-state index contributed by atoms with van der Waals surface area (Å²) in [5, 5.41) is 31.5. The molecule has 3 fully saturated rings. The maximum absolute atomic E-state index is 13.1. The molecule has 4 heterocycles. The van der Waals surface area contributed by atoms with Gasteiger partial charge in [-0.15, -0.1) is 0 Å². The quantitative estimate of drug-likeness (QED) is 0.175. The van der Waals surface area contributed by atoms with Crippen molar-refractivity contribution < 1.29 is 43.3 Å². The Morgan fingerprint density at radius 2 is 1.66 bits per heavy atom. The second-order valence-corrected chi connectivity index (χ2v) is 12.1. The topological polar surface area (TPSA) is 245 Å². The van der Waals surface area contributed by atoms with Crippen LogP contribution < -0.4 is 22.5 Å². The van der Waals surface area contributed by atoms with E-state index in [0.29, 0.717) is 0 Å². The van der Waals surface area contributed by atoms with Crippen molar-refractivity contribution >= 4 is 7.82 Å². The molecule has 3 aliphatic rings. The minimum atomic E-state index is -4.98. The number of aryl methyl sites for hydroxylation is 2. The molecule has 18 heteroatoms. The summed E-state index contributed by atoms with van der Waals surface area (Å²) in [5.41, 5.74) is -4.26. The van der Waals surface area contributed by atoms with Crippen molar-refractivity contribution in [1.29, 1.82) is 0 Å². The number of ether oxygens (including phenoxy) is 2. The highest BCUT2D eigenvalue weighted by Crippen LogP contribution is 2.61. The third-order valence-corrected chi connectivity index (χ3v) is 9.05. The van der Waals surface area contributed by atoms with E-state index in [2.05, 4.69) is 9.97 Å². The van der Waals surface area contributed by atoms with Gasteiger partial charge in [0.2, 0.25) is 0 Å². The normalized spacial score (nSPS) is 36.1. The van der Waals surface area contributed by atoms with Gasteiger partial charge in [-0.3, -0.25) is 37.7 Å². The molecule has 41 heavy (non-hydrogen) atoms. The Hall–Kier alpha value is -2.73.